The molecule has 0 fully saturated rings. The molecule has 0 aliphatic heterocycles. The third kappa shape index (κ3) is 3.89. The third-order valence-corrected chi connectivity index (χ3v) is 8.16. The predicted octanol–water partition coefficient (Wildman–Crippen LogP) is 6.64. The van der Waals surface area contributed by atoms with Crippen LogP contribution in [0.5, 0.6) is 17.2 Å². The van der Waals surface area contributed by atoms with Crippen molar-refractivity contribution in [2.45, 2.75) is 53.4 Å². The number of nitrogens with zero attached hydrogens (tertiary/aromatic N) is 3. The van der Waals surface area contributed by atoms with Crippen LogP contribution in [0.2, 0.25) is 0 Å². The summed E-state index contributed by atoms with van der Waals surface area (Å²) in [7, 11) is 3.11. The second-order valence-corrected chi connectivity index (χ2v) is 10.5. The molecule has 36 heavy (non-hydrogen) atoms. The highest BCUT2D eigenvalue weighted by atomic mass is 16.5. The summed E-state index contributed by atoms with van der Waals surface area (Å²) in [6, 6.07) is 14.0. The molecule has 0 radical (unpaired) electrons. The lowest BCUT2D eigenvalue weighted by atomic mass is 9.68. The van der Waals surface area contributed by atoms with Gasteiger partial charge in [0.2, 0.25) is 5.75 Å². The highest BCUT2D eigenvalue weighted by Gasteiger charge is 2.35. The summed E-state index contributed by atoms with van der Waals surface area (Å²) in [5, 5.41) is 15.6. The molecule has 2 aromatic carbocycles. The Morgan fingerprint density at radius 2 is 1.72 bits per heavy atom. The molecule has 1 unspecified atom stereocenters. The number of methoxy groups -OCH3 is 2. The van der Waals surface area contributed by atoms with Crippen LogP contribution in [0.4, 0.5) is 0 Å². The van der Waals surface area contributed by atoms with Crippen LogP contribution in [0.3, 0.4) is 0 Å². The standard InChI is InChI=1S/C30H35N3O3/c1-7-30(3,4)21-13-14-23-22(17-21)27(20-15-24(35-5)28(34)25(16-20)36-6)31-29-26(18(2)32-33(23)29)19-11-9-8-10-12-19/h8-12,15-16,21,34H,7,13-14,17H2,1-6H3. The first-order chi connectivity index (χ1) is 17.3. The number of ether oxygens (including phenoxy) is 2. The van der Waals surface area contributed by atoms with Gasteiger partial charge in [-0.05, 0) is 55.2 Å². The largest absolute Gasteiger partial charge is 0.502 e. The van der Waals surface area contributed by atoms with Crippen LogP contribution in [-0.2, 0) is 12.8 Å². The molecule has 1 aliphatic carbocycles. The molecule has 6 nitrogen and oxygen atoms in total. The molecule has 0 amide bonds. The Kier molecular flexibility index (Phi) is 6.15. The second kappa shape index (κ2) is 9.16. The molecule has 1 N–H and O–H groups in total. The zero-order valence-electron chi connectivity index (χ0n) is 22.1. The van der Waals surface area contributed by atoms with Gasteiger partial charge in [0, 0.05) is 22.4 Å². The van der Waals surface area contributed by atoms with E-state index in [4.69, 9.17) is 19.6 Å². The molecule has 1 atom stereocenters. The molecule has 0 bridgehead atoms. The van der Waals surface area contributed by atoms with E-state index in [0.717, 1.165) is 59.4 Å². The van der Waals surface area contributed by atoms with E-state index in [9.17, 15) is 5.11 Å². The van der Waals surface area contributed by atoms with Crippen molar-refractivity contribution in [3.05, 3.63) is 59.4 Å². The molecule has 0 saturated carbocycles. The Morgan fingerprint density at radius 1 is 1.06 bits per heavy atom. The summed E-state index contributed by atoms with van der Waals surface area (Å²) in [5.74, 6) is 1.27. The zero-order chi connectivity index (χ0) is 25.6. The molecule has 188 valence electrons. The van der Waals surface area contributed by atoms with Crippen LogP contribution >= 0.6 is 0 Å². The minimum absolute atomic E-state index is 0.00568. The summed E-state index contributed by atoms with van der Waals surface area (Å²) >= 11 is 0. The summed E-state index contributed by atoms with van der Waals surface area (Å²) in [6.07, 6.45) is 4.11. The fourth-order valence-electron chi connectivity index (χ4n) is 5.54. The molecule has 5 rings (SSSR count). The maximum Gasteiger partial charge on any atom is 0.200 e. The third-order valence-electron chi connectivity index (χ3n) is 8.16. The summed E-state index contributed by atoms with van der Waals surface area (Å²) < 4.78 is 13.1. The SMILES string of the molecule is CCC(C)(C)C1CCc2c(c(-c3cc(OC)c(O)c(OC)c3)nc3c(-c4ccccc4)c(C)nn23)C1. The lowest BCUT2D eigenvalue weighted by Gasteiger charge is -2.37. The molecule has 2 heterocycles. The molecular weight excluding hydrogens is 450 g/mol. The average Bonchev–Trinajstić information content (AvgIpc) is 3.24. The van der Waals surface area contributed by atoms with E-state index in [-0.39, 0.29) is 11.2 Å². The first kappa shape index (κ1) is 24.2. The molecule has 1 aliphatic rings. The van der Waals surface area contributed by atoms with E-state index in [1.807, 2.05) is 30.3 Å². The van der Waals surface area contributed by atoms with E-state index < -0.39 is 0 Å². The van der Waals surface area contributed by atoms with Crippen molar-refractivity contribution in [3.8, 4) is 39.6 Å². The summed E-state index contributed by atoms with van der Waals surface area (Å²) in [5.41, 5.74) is 8.40. The number of fused-ring (bicyclic) bond motifs is 3. The number of hydrogen-bond donors (Lipinski definition) is 1. The van der Waals surface area contributed by atoms with Crippen molar-refractivity contribution in [2.24, 2.45) is 11.3 Å². The van der Waals surface area contributed by atoms with Crippen LogP contribution in [-0.4, -0.2) is 33.9 Å². The maximum absolute atomic E-state index is 10.6. The Labute approximate surface area is 212 Å². The summed E-state index contributed by atoms with van der Waals surface area (Å²) in [6.45, 7) is 9.07. The topological polar surface area (TPSA) is 68.9 Å². The van der Waals surface area contributed by atoms with Gasteiger partial charge in [-0.25, -0.2) is 9.50 Å². The lowest BCUT2D eigenvalue weighted by Crippen LogP contribution is -2.30. The van der Waals surface area contributed by atoms with Gasteiger partial charge in [-0.15, -0.1) is 0 Å². The van der Waals surface area contributed by atoms with Gasteiger partial charge in [0.15, 0.2) is 17.1 Å². The van der Waals surface area contributed by atoms with E-state index in [1.54, 1.807) is 14.2 Å². The quantitative estimate of drug-likeness (QED) is 0.332. The van der Waals surface area contributed by atoms with Gasteiger partial charge < -0.3 is 14.6 Å². The molecular formula is C30H35N3O3. The number of aromatic nitrogens is 3. The summed E-state index contributed by atoms with van der Waals surface area (Å²) in [4.78, 5) is 5.29. The normalized spacial score (nSPS) is 15.7. The van der Waals surface area contributed by atoms with Crippen molar-refractivity contribution in [3.63, 3.8) is 0 Å². The van der Waals surface area contributed by atoms with Gasteiger partial charge in [-0.2, -0.15) is 5.10 Å². The van der Waals surface area contributed by atoms with Crippen LogP contribution in [0.25, 0.3) is 28.0 Å². The van der Waals surface area contributed by atoms with E-state index >= 15 is 0 Å². The fraction of sp³-hybridized carbons (Fsp3) is 0.400. The van der Waals surface area contributed by atoms with Crippen molar-refractivity contribution in [2.75, 3.05) is 14.2 Å². The average molecular weight is 486 g/mol. The van der Waals surface area contributed by atoms with Gasteiger partial charge in [0.25, 0.3) is 0 Å². The van der Waals surface area contributed by atoms with Gasteiger partial charge in [0.1, 0.15) is 0 Å². The van der Waals surface area contributed by atoms with Gasteiger partial charge >= 0.3 is 0 Å². The number of benzene rings is 2. The number of hydrogen-bond acceptors (Lipinski definition) is 5. The molecule has 0 saturated heterocycles. The van der Waals surface area contributed by atoms with Gasteiger partial charge in [-0.1, -0.05) is 57.5 Å². The Morgan fingerprint density at radius 3 is 2.33 bits per heavy atom. The number of aromatic hydroxyl groups is 1. The highest BCUT2D eigenvalue weighted by Crippen LogP contribution is 2.46. The van der Waals surface area contributed by atoms with E-state index in [1.165, 1.54) is 11.3 Å². The Hall–Kier alpha value is -3.54. The second-order valence-electron chi connectivity index (χ2n) is 10.5. The van der Waals surface area contributed by atoms with E-state index in [0.29, 0.717) is 17.4 Å². The molecule has 4 aromatic rings. The minimum Gasteiger partial charge on any atom is -0.502 e. The first-order valence-electron chi connectivity index (χ1n) is 12.7. The van der Waals surface area contributed by atoms with E-state index in [2.05, 4.69) is 44.3 Å². The van der Waals surface area contributed by atoms with Gasteiger partial charge in [0.05, 0.1) is 25.6 Å². The molecule has 0 spiro atoms. The Bertz CT molecular complexity index is 1400. The number of phenolic OH excluding ortho intramolecular Hbond substituents is 1. The Balaban J connectivity index is 1.82. The van der Waals surface area contributed by atoms with Crippen molar-refractivity contribution in [1.82, 2.24) is 14.6 Å². The minimum atomic E-state index is -0.00568. The lowest BCUT2D eigenvalue weighted by molar-refractivity contribution is 0.181. The molecule has 2 aromatic heterocycles. The maximum atomic E-state index is 10.6. The van der Waals surface area contributed by atoms with Crippen molar-refractivity contribution >= 4 is 5.65 Å². The highest BCUT2D eigenvalue weighted by molar-refractivity contribution is 5.83. The number of phenols is 1. The van der Waals surface area contributed by atoms with Crippen LogP contribution in [0.15, 0.2) is 42.5 Å². The molecule has 6 heteroatoms. The van der Waals surface area contributed by atoms with Crippen molar-refractivity contribution in [1.29, 1.82) is 0 Å². The van der Waals surface area contributed by atoms with Gasteiger partial charge in [-0.3, -0.25) is 0 Å². The van der Waals surface area contributed by atoms with Crippen LogP contribution in [0, 0.1) is 18.3 Å². The smallest absolute Gasteiger partial charge is 0.200 e. The zero-order valence-corrected chi connectivity index (χ0v) is 22.1. The fourth-order valence-corrected chi connectivity index (χ4v) is 5.54. The first-order valence-corrected chi connectivity index (χ1v) is 12.7. The number of rotatable bonds is 6. The van der Waals surface area contributed by atoms with Crippen LogP contribution in [0.1, 0.15) is 50.6 Å². The monoisotopic (exact) mass is 485 g/mol. The predicted molar refractivity (Wildman–Crippen MR) is 143 cm³/mol. The van der Waals surface area contributed by atoms with Crippen molar-refractivity contribution < 1.29 is 14.6 Å². The number of aryl methyl sites for hydroxylation is 2. The van der Waals surface area contributed by atoms with Crippen LogP contribution < -0.4 is 9.47 Å².